The molecule has 6 N–H and O–H groups in total. The molecule has 2 aromatic carbocycles. The Morgan fingerprint density at radius 1 is 1.10 bits per heavy atom. The summed E-state index contributed by atoms with van der Waals surface area (Å²) in [4.78, 5) is 24.1. The van der Waals surface area contributed by atoms with Gasteiger partial charge in [-0.15, -0.1) is 0 Å². The molecule has 0 aliphatic rings. The van der Waals surface area contributed by atoms with Crippen LogP contribution >= 0.6 is 0 Å². The third-order valence-corrected chi connectivity index (χ3v) is 3.92. The first kappa shape index (κ1) is 21.3. The number of para-hydroxylation sites is 2. The zero-order chi connectivity index (χ0) is 21.1. The Kier molecular flexibility index (Phi) is 8.07. The summed E-state index contributed by atoms with van der Waals surface area (Å²) in [6, 6.07) is 13.9. The standard InChI is InChI=1S/C22H24N4O3/c1-2-16(6-5-13-23)15-29-22(28)25-14-17-9-11-18(12-10-17)21(27)26-20-8-4-3-7-19(20)24/h2-13H,1,14-15,23-24H2,(H,25,28)(H,26,27)/b13-5-,16-6+. The Morgan fingerprint density at radius 3 is 2.48 bits per heavy atom. The van der Waals surface area contributed by atoms with Crippen LogP contribution in [0.5, 0.6) is 0 Å². The molecule has 0 atom stereocenters. The third-order valence-electron chi connectivity index (χ3n) is 3.92. The van der Waals surface area contributed by atoms with Crippen molar-refractivity contribution in [2.24, 2.45) is 5.73 Å². The van der Waals surface area contributed by atoms with Crippen molar-refractivity contribution in [2.75, 3.05) is 17.7 Å². The molecule has 0 unspecified atom stereocenters. The molecule has 7 heteroatoms. The third kappa shape index (κ3) is 6.91. The average Bonchev–Trinajstić information content (AvgIpc) is 2.74. The van der Waals surface area contributed by atoms with Gasteiger partial charge < -0.3 is 26.8 Å². The van der Waals surface area contributed by atoms with Crippen molar-refractivity contribution in [3.05, 3.63) is 96.2 Å². The lowest BCUT2D eigenvalue weighted by Gasteiger charge is -2.09. The summed E-state index contributed by atoms with van der Waals surface area (Å²) in [7, 11) is 0. The quantitative estimate of drug-likeness (QED) is 0.406. The maximum absolute atomic E-state index is 12.3. The van der Waals surface area contributed by atoms with Crippen LogP contribution in [0.15, 0.2) is 85.1 Å². The fourth-order valence-electron chi connectivity index (χ4n) is 2.31. The lowest BCUT2D eigenvalue weighted by molar-refractivity contribution is 0.102. The Morgan fingerprint density at radius 2 is 1.83 bits per heavy atom. The molecule has 0 saturated heterocycles. The van der Waals surface area contributed by atoms with Gasteiger partial charge in [0.25, 0.3) is 5.91 Å². The van der Waals surface area contributed by atoms with Crippen molar-refractivity contribution in [1.29, 1.82) is 0 Å². The summed E-state index contributed by atoms with van der Waals surface area (Å²) in [5.74, 6) is -0.267. The normalized spacial score (nSPS) is 11.1. The predicted molar refractivity (Wildman–Crippen MR) is 115 cm³/mol. The highest BCUT2D eigenvalue weighted by Crippen LogP contribution is 2.18. The summed E-state index contributed by atoms with van der Waals surface area (Å²) < 4.78 is 5.11. The summed E-state index contributed by atoms with van der Waals surface area (Å²) in [5, 5.41) is 5.41. The molecule has 0 fully saturated rings. The SMILES string of the molecule is C=C/C(=C\C=C/N)COC(=O)NCc1ccc(C(=O)Nc2ccccc2N)cc1. The number of hydrogen-bond donors (Lipinski definition) is 4. The summed E-state index contributed by atoms with van der Waals surface area (Å²) in [6.45, 7) is 4.00. The van der Waals surface area contributed by atoms with Crippen molar-refractivity contribution in [2.45, 2.75) is 6.54 Å². The van der Waals surface area contributed by atoms with Gasteiger partial charge in [0.2, 0.25) is 0 Å². The minimum atomic E-state index is -0.559. The van der Waals surface area contributed by atoms with Crippen molar-refractivity contribution < 1.29 is 14.3 Å². The number of amides is 2. The maximum Gasteiger partial charge on any atom is 0.407 e. The van der Waals surface area contributed by atoms with Gasteiger partial charge in [-0.05, 0) is 47.7 Å². The van der Waals surface area contributed by atoms with E-state index in [1.54, 1.807) is 66.8 Å². The molecule has 0 heterocycles. The van der Waals surface area contributed by atoms with E-state index in [1.165, 1.54) is 6.20 Å². The second kappa shape index (κ2) is 11.0. The molecule has 7 nitrogen and oxygen atoms in total. The first-order valence-electron chi connectivity index (χ1n) is 8.88. The van der Waals surface area contributed by atoms with E-state index in [9.17, 15) is 9.59 Å². The smallest absolute Gasteiger partial charge is 0.407 e. The monoisotopic (exact) mass is 392 g/mol. The Balaban J connectivity index is 1.84. The highest BCUT2D eigenvalue weighted by atomic mass is 16.5. The number of nitrogen functional groups attached to an aromatic ring is 1. The van der Waals surface area contributed by atoms with Crippen LogP contribution in [0.3, 0.4) is 0 Å². The number of nitrogens with two attached hydrogens (primary N) is 2. The predicted octanol–water partition coefficient (Wildman–Crippen LogP) is 3.33. The van der Waals surface area contributed by atoms with E-state index in [4.69, 9.17) is 16.2 Å². The molecule has 0 saturated carbocycles. The fourth-order valence-corrected chi connectivity index (χ4v) is 2.31. The minimum Gasteiger partial charge on any atom is -0.445 e. The van der Waals surface area contributed by atoms with Crippen molar-refractivity contribution in [1.82, 2.24) is 5.32 Å². The van der Waals surface area contributed by atoms with Gasteiger partial charge in [-0.2, -0.15) is 0 Å². The van der Waals surface area contributed by atoms with E-state index in [0.29, 0.717) is 16.9 Å². The number of nitrogens with one attached hydrogen (secondary N) is 2. The van der Waals surface area contributed by atoms with Gasteiger partial charge in [-0.25, -0.2) is 4.79 Å². The van der Waals surface area contributed by atoms with Crippen LogP contribution in [0, 0.1) is 0 Å². The molecule has 2 rings (SSSR count). The van der Waals surface area contributed by atoms with Crippen LogP contribution in [0.1, 0.15) is 15.9 Å². The van der Waals surface area contributed by atoms with Gasteiger partial charge in [-0.1, -0.05) is 43.0 Å². The number of anilines is 2. The number of allylic oxidation sites excluding steroid dienone is 2. The second-order valence-electron chi connectivity index (χ2n) is 6.00. The molecule has 0 aliphatic carbocycles. The van der Waals surface area contributed by atoms with E-state index in [1.807, 2.05) is 0 Å². The van der Waals surface area contributed by atoms with Crippen LogP contribution in [0.2, 0.25) is 0 Å². The minimum absolute atomic E-state index is 0.0847. The van der Waals surface area contributed by atoms with Gasteiger partial charge in [0.15, 0.2) is 0 Å². The van der Waals surface area contributed by atoms with E-state index in [-0.39, 0.29) is 19.1 Å². The maximum atomic E-state index is 12.3. The fraction of sp³-hybridized carbons (Fsp3) is 0.0909. The van der Waals surface area contributed by atoms with Crippen molar-refractivity contribution in [3.63, 3.8) is 0 Å². The van der Waals surface area contributed by atoms with Crippen LogP contribution in [0.25, 0.3) is 0 Å². The number of carbonyl (C=O) groups excluding carboxylic acids is 2. The van der Waals surface area contributed by atoms with Gasteiger partial charge >= 0.3 is 6.09 Å². The number of rotatable bonds is 8. The Labute approximate surface area is 169 Å². The average molecular weight is 392 g/mol. The zero-order valence-electron chi connectivity index (χ0n) is 15.9. The largest absolute Gasteiger partial charge is 0.445 e. The van der Waals surface area contributed by atoms with Gasteiger partial charge in [0, 0.05) is 12.1 Å². The molecular formula is C22H24N4O3. The van der Waals surface area contributed by atoms with Crippen molar-refractivity contribution in [3.8, 4) is 0 Å². The van der Waals surface area contributed by atoms with Crippen molar-refractivity contribution >= 4 is 23.4 Å². The van der Waals surface area contributed by atoms with Crippen LogP contribution in [-0.4, -0.2) is 18.6 Å². The lowest BCUT2D eigenvalue weighted by atomic mass is 10.1. The highest BCUT2D eigenvalue weighted by molar-refractivity contribution is 6.05. The van der Waals surface area contributed by atoms with E-state index >= 15 is 0 Å². The summed E-state index contributed by atoms with van der Waals surface area (Å²) in [6.07, 6.45) is 5.73. The van der Waals surface area contributed by atoms with Crippen LogP contribution in [-0.2, 0) is 11.3 Å². The van der Waals surface area contributed by atoms with Crippen LogP contribution < -0.4 is 22.1 Å². The lowest BCUT2D eigenvalue weighted by Crippen LogP contribution is -2.24. The molecule has 0 spiro atoms. The number of alkyl carbamates (subject to hydrolysis) is 1. The highest BCUT2D eigenvalue weighted by Gasteiger charge is 2.08. The molecule has 29 heavy (non-hydrogen) atoms. The molecule has 0 aromatic heterocycles. The first-order chi connectivity index (χ1) is 14.0. The Hall–Kier alpha value is -4.00. The molecule has 0 bridgehead atoms. The zero-order valence-corrected chi connectivity index (χ0v) is 15.9. The second-order valence-corrected chi connectivity index (χ2v) is 6.00. The van der Waals surface area contributed by atoms with E-state index in [2.05, 4.69) is 17.2 Å². The van der Waals surface area contributed by atoms with E-state index < -0.39 is 6.09 Å². The first-order valence-corrected chi connectivity index (χ1v) is 8.88. The number of carbonyl (C=O) groups is 2. The van der Waals surface area contributed by atoms with Gasteiger partial charge in [-0.3, -0.25) is 4.79 Å². The summed E-state index contributed by atoms with van der Waals surface area (Å²) >= 11 is 0. The molecule has 2 aromatic rings. The number of hydrogen-bond acceptors (Lipinski definition) is 5. The van der Waals surface area contributed by atoms with Gasteiger partial charge in [0.05, 0.1) is 11.4 Å². The Bertz CT molecular complexity index is 918. The molecule has 150 valence electrons. The number of benzene rings is 2. The van der Waals surface area contributed by atoms with Gasteiger partial charge in [0.1, 0.15) is 6.61 Å². The van der Waals surface area contributed by atoms with E-state index in [0.717, 1.165) is 11.1 Å². The molecule has 0 radical (unpaired) electrons. The topological polar surface area (TPSA) is 119 Å². The molecule has 0 aliphatic heterocycles. The van der Waals surface area contributed by atoms with Crippen LogP contribution in [0.4, 0.5) is 16.2 Å². The molecule has 2 amide bonds. The summed E-state index contributed by atoms with van der Waals surface area (Å²) in [5.41, 5.74) is 14.2. The molecular weight excluding hydrogens is 368 g/mol. The number of ether oxygens (including phenoxy) is 1.